The van der Waals surface area contributed by atoms with Crippen molar-refractivity contribution in [2.45, 2.75) is 32.3 Å². The van der Waals surface area contributed by atoms with Gasteiger partial charge in [-0.2, -0.15) is 0 Å². The van der Waals surface area contributed by atoms with E-state index in [4.69, 9.17) is 4.74 Å². The fraction of sp³-hybridized carbons (Fsp3) is 0.818. The van der Waals surface area contributed by atoms with E-state index in [1.807, 2.05) is 0 Å². The second kappa shape index (κ2) is 6.17. The van der Waals surface area contributed by atoms with Crippen LogP contribution >= 0.6 is 0 Å². The summed E-state index contributed by atoms with van der Waals surface area (Å²) in [5.74, 6) is 0.679. The van der Waals surface area contributed by atoms with E-state index in [0.29, 0.717) is 12.0 Å². The second-order valence-electron chi connectivity index (χ2n) is 3.69. The van der Waals surface area contributed by atoms with E-state index in [1.165, 1.54) is 12.8 Å². The number of allylic oxidation sites excluding steroid dienone is 2. The third-order valence-corrected chi connectivity index (χ3v) is 2.64. The number of hydrogen-bond acceptors (Lipinski definition) is 2. The number of rotatable bonds is 5. The molecule has 1 saturated heterocycles. The molecule has 0 aromatic heterocycles. The zero-order valence-electron chi connectivity index (χ0n) is 8.75. The van der Waals surface area contributed by atoms with Gasteiger partial charge >= 0.3 is 0 Å². The van der Waals surface area contributed by atoms with Crippen LogP contribution in [0.4, 0.5) is 0 Å². The number of ether oxygens (including phenoxy) is 1. The first-order valence-corrected chi connectivity index (χ1v) is 5.27. The highest BCUT2D eigenvalue weighted by atomic mass is 16.5. The molecule has 1 fully saturated rings. The van der Waals surface area contributed by atoms with Crippen LogP contribution in [-0.4, -0.2) is 26.3 Å². The maximum atomic E-state index is 5.38. The first kappa shape index (κ1) is 10.7. The molecule has 0 radical (unpaired) electrons. The van der Waals surface area contributed by atoms with Gasteiger partial charge in [0.05, 0.1) is 6.10 Å². The monoisotopic (exact) mass is 183 g/mol. The van der Waals surface area contributed by atoms with E-state index < -0.39 is 0 Å². The van der Waals surface area contributed by atoms with Crippen molar-refractivity contribution in [3.63, 3.8) is 0 Å². The quantitative estimate of drug-likeness (QED) is 0.658. The molecule has 0 saturated carbocycles. The number of nitrogens with one attached hydrogen (secondary N) is 1. The van der Waals surface area contributed by atoms with Gasteiger partial charge in [0.25, 0.3) is 0 Å². The molecule has 0 aliphatic carbocycles. The first-order valence-electron chi connectivity index (χ1n) is 5.27. The largest absolute Gasteiger partial charge is 0.380 e. The smallest absolute Gasteiger partial charge is 0.0738 e. The fourth-order valence-corrected chi connectivity index (χ4v) is 1.78. The Morgan fingerprint density at radius 2 is 2.23 bits per heavy atom. The van der Waals surface area contributed by atoms with Gasteiger partial charge in [0.15, 0.2) is 0 Å². The van der Waals surface area contributed by atoms with Crippen molar-refractivity contribution < 1.29 is 4.74 Å². The Morgan fingerprint density at radius 3 is 2.92 bits per heavy atom. The van der Waals surface area contributed by atoms with Crippen molar-refractivity contribution in [3.8, 4) is 0 Å². The lowest BCUT2D eigenvalue weighted by molar-refractivity contribution is 0.0841. The van der Waals surface area contributed by atoms with Crippen LogP contribution in [0.15, 0.2) is 12.2 Å². The van der Waals surface area contributed by atoms with Gasteiger partial charge < -0.3 is 10.1 Å². The van der Waals surface area contributed by atoms with Gasteiger partial charge in [-0.3, -0.25) is 0 Å². The summed E-state index contributed by atoms with van der Waals surface area (Å²) in [6, 6.07) is 0. The summed E-state index contributed by atoms with van der Waals surface area (Å²) in [5, 5.41) is 3.36. The van der Waals surface area contributed by atoms with Crippen molar-refractivity contribution in [1.29, 1.82) is 0 Å². The molecular formula is C11H21NO. The SMILES string of the molecule is CCC/C=C/C[C@H]1CNC[C@@H]1OC. The molecule has 1 aliphatic rings. The molecule has 1 aliphatic heterocycles. The van der Waals surface area contributed by atoms with Crippen LogP contribution in [0, 0.1) is 5.92 Å². The highest BCUT2D eigenvalue weighted by molar-refractivity contribution is 4.90. The molecule has 0 unspecified atom stereocenters. The minimum atomic E-state index is 0.422. The lowest BCUT2D eigenvalue weighted by Gasteiger charge is -2.14. The van der Waals surface area contributed by atoms with Crippen molar-refractivity contribution in [2.75, 3.05) is 20.2 Å². The number of methoxy groups -OCH3 is 1. The van der Waals surface area contributed by atoms with E-state index in [1.54, 1.807) is 7.11 Å². The molecule has 0 aromatic rings. The predicted octanol–water partition coefficient (Wildman–Crippen LogP) is 1.97. The van der Waals surface area contributed by atoms with E-state index in [-0.39, 0.29) is 0 Å². The van der Waals surface area contributed by atoms with Crippen LogP contribution in [0.25, 0.3) is 0 Å². The van der Waals surface area contributed by atoms with Crippen molar-refractivity contribution in [3.05, 3.63) is 12.2 Å². The van der Waals surface area contributed by atoms with Gasteiger partial charge in [-0.15, -0.1) is 0 Å². The van der Waals surface area contributed by atoms with Crippen LogP contribution in [0.1, 0.15) is 26.2 Å². The summed E-state index contributed by atoms with van der Waals surface area (Å²) in [6.45, 7) is 4.33. The Bertz CT molecular complexity index is 156. The normalized spacial score (nSPS) is 28.8. The Labute approximate surface area is 81.4 Å². The topological polar surface area (TPSA) is 21.3 Å². The third-order valence-electron chi connectivity index (χ3n) is 2.64. The fourth-order valence-electron chi connectivity index (χ4n) is 1.78. The molecular weight excluding hydrogens is 162 g/mol. The predicted molar refractivity (Wildman–Crippen MR) is 55.8 cm³/mol. The molecule has 1 N–H and O–H groups in total. The number of unbranched alkanes of at least 4 members (excludes halogenated alkanes) is 1. The summed E-state index contributed by atoms with van der Waals surface area (Å²) in [5.41, 5.74) is 0. The minimum absolute atomic E-state index is 0.422. The second-order valence-corrected chi connectivity index (χ2v) is 3.69. The van der Waals surface area contributed by atoms with Gasteiger partial charge in [-0.25, -0.2) is 0 Å². The maximum Gasteiger partial charge on any atom is 0.0738 e. The molecule has 1 rings (SSSR count). The molecule has 1 heterocycles. The standard InChI is InChI=1S/C11H21NO/c1-3-4-5-6-7-10-8-12-9-11(10)13-2/h5-6,10-12H,3-4,7-9H2,1-2H3/b6-5+/t10-,11-/m0/s1. The van der Waals surface area contributed by atoms with Crippen LogP contribution in [0.5, 0.6) is 0 Å². The lowest BCUT2D eigenvalue weighted by Crippen LogP contribution is -2.20. The summed E-state index contributed by atoms with van der Waals surface area (Å²) in [6.07, 6.45) is 8.61. The average Bonchev–Trinajstić information content (AvgIpc) is 2.60. The Kier molecular flexibility index (Phi) is 5.09. The summed E-state index contributed by atoms with van der Waals surface area (Å²) in [7, 11) is 1.81. The number of hydrogen-bond donors (Lipinski definition) is 1. The summed E-state index contributed by atoms with van der Waals surface area (Å²) < 4.78 is 5.38. The summed E-state index contributed by atoms with van der Waals surface area (Å²) in [4.78, 5) is 0. The van der Waals surface area contributed by atoms with Crippen LogP contribution in [0.2, 0.25) is 0 Å². The zero-order chi connectivity index (χ0) is 9.52. The van der Waals surface area contributed by atoms with Crippen LogP contribution in [-0.2, 0) is 4.74 Å². The molecule has 0 bridgehead atoms. The van der Waals surface area contributed by atoms with Crippen molar-refractivity contribution in [1.82, 2.24) is 5.32 Å². The highest BCUT2D eigenvalue weighted by Crippen LogP contribution is 2.16. The van der Waals surface area contributed by atoms with E-state index in [2.05, 4.69) is 24.4 Å². The Balaban J connectivity index is 2.19. The lowest BCUT2D eigenvalue weighted by atomic mass is 10.0. The molecule has 0 spiro atoms. The van der Waals surface area contributed by atoms with Gasteiger partial charge in [0.1, 0.15) is 0 Å². The average molecular weight is 183 g/mol. The van der Waals surface area contributed by atoms with Crippen molar-refractivity contribution >= 4 is 0 Å². The molecule has 2 nitrogen and oxygen atoms in total. The molecule has 13 heavy (non-hydrogen) atoms. The van der Waals surface area contributed by atoms with E-state index >= 15 is 0 Å². The third kappa shape index (κ3) is 3.49. The van der Waals surface area contributed by atoms with Gasteiger partial charge in [-0.1, -0.05) is 25.5 Å². The Morgan fingerprint density at radius 1 is 1.38 bits per heavy atom. The van der Waals surface area contributed by atoms with Crippen LogP contribution in [0.3, 0.4) is 0 Å². The van der Waals surface area contributed by atoms with E-state index in [9.17, 15) is 0 Å². The summed E-state index contributed by atoms with van der Waals surface area (Å²) >= 11 is 0. The maximum absolute atomic E-state index is 5.38. The van der Waals surface area contributed by atoms with Gasteiger partial charge in [-0.05, 0) is 12.8 Å². The zero-order valence-corrected chi connectivity index (χ0v) is 8.75. The van der Waals surface area contributed by atoms with Crippen molar-refractivity contribution in [2.24, 2.45) is 5.92 Å². The molecule has 0 aromatic carbocycles. The van der Waals surface area contributed by atoms with E-state index in [0.717, 1.165) is 19.5 Å². The minimum Gasteiger partial charge on any atom is -0.380 e. The molecule has 0 amide bonds. The molecule has 2 atom stereocenters. The molecule has 2 heteroatoms. The highest BCUT2D eigenvalue weighted by Gasteiger charge is 2.25. The van der Waals surface area contributed by atoms with Crippen LogP contribution < -0.4 is 5.32 Å². The molecule has 76 valence electrons. The van der Waals surface area contributed by atoms with Gasteiger partial charge in [0, 0.05) is 26.1 Å². The Hall–Kier alpha value is -0.340. The van der Waals surface area contributed by atoms with Gasteiger partial charge in [0.2, 0.25) is 0 Å². The first-order chi connectivity index (χ1) is 6.38.